The molecule has 2 aromatic heterocycles. The molecule has 0 aliphatic heterocycles. The molecule has 0 amide bonds. The number of sulfonamides is 1. The lowest BCUT2D eigenvalue weighted by Crippen LogP contribution is -2.26. The van der Waals surface area contributed by atoms with Crippen LogP contribution in [0.25, 0.3) is 0 Å². The number of thiazole rings is 1. The molecule has 1 atom stereocenters. The molecule has 0 aromatic carbocycles. The Kier molecular flexibility index (Phi) is 4.65. The first kappa shape index (κ1) is 16.4. The third-order valence-corrected chi connectivity index (χ3v) is 6.18. The summed E-state index contributed by atoms with van der Waals surface area (Å²) >= 11 is 1.63. The minimum Gasteiger partial charge on any atom is -0.361 e. The number of aryl methyl sites for hydroxylation is 1. The third kappa shape index (κ3) is 4.27. The number of aromatic nitrogens is 2. The molecule has 0 saturated heterocycles. The van der Waals surface area contributed by atoms with E-state index in [1.807, 2.05) is 20.0 Å². The monoisotopic (exact) mass is 352 g/mol. The molecule has 8 heteroatoms. The molecule has 0 radical (unpaired) electrons. The molecule has 0 spiro atoms. The quantitative estimate of drug-likeness (QED) is 0.800. The van der Waals surface area contributed by atoms with E-state index >= 15 is 0 Å². The molecule has 6 nitrogen and oxygen atoms in total. The number of hydrogen-bond donors (Lipinski definition) is 2. The van der Waals surface area contributed by atoms with Crippen molar-refractivity contribution in [3.05, 3.63) is 34.4 Å². The predicted octanol–water partition coefficient (Wildman–Crippen LogP) is 2.71. The van der Waals surface area contributed by atoms with Gasteiger partial charge in [0, 0.05) is 23.8 Å². The van der Waals surface area contributed by atoms with Crippen LogP contribution in [0.3, 0.4) is 0 Å². The minimum absolute atomic E-state index is 0.0247. The molecular formula is C15H20N4O2S2. The van der Waals surface area contributed by atoms with E-state index in [2.05, 4.69) is 20.0 Å². The molecule has 0 bridgehead atoms. The van der Waals surface area contributed by atoms with Crippen LogP contribution in [-0.2, 0) is 10.0 Å². The fraction of sp³-hybridized carbons (Fsp3) is 0.467. The zero-order valence-electron chi connectivity index (χ0n) is 13.1. The van der Waals surface area contributed by atoms with Crippen molar-refractivity contribution in [3.8, 4) is 0 Å². The van der Waals surface area contributed by atoms with Crippen molar-refractivity contribution in [2.45, 2.75) is 37.6 Å². The first-order chi connectivity index (χ1) is 10.9. The van der Waals surface area contributed by atoms with Crippen LogP contribution in [0, 0.1) is 12.8 Å². The predicted molar refractivity (Wildman–Crippen MR) is 91.0 cm³/mol. The smallest absolute Gasteiger partial charge is 0.242 e. The standard InChI is InChI=1S/C15H20N4O2S2/c1-10-7-17-15(22-10)11(2)19-14-6-5-13(9-16-14)23(20,21)18-8-12-3-4-12/h5-7,9,11-12,18H,3-4,8H2,1-2H3,(H,16,19). The number of nitrogens with zero attached hydrogens (tertiary/aromatic N) is 2. The summed E-state index contributed by atoms with van der Waals surface area (Å²) in [4.78, 5) is 9.90. The normalized spacial score (nSPS) is 16.3. The van der Waals surface area contributed by atoms with Crippen molar-refractivity contribution in [2.24, 2.45) is 5.92 Å². The molecule has 2 heterocycles. The summed E-state index contributed by atoms with van der Waals surface area (Å²) in [6, 6.07) is 3.28. The van der Waals surface area contributed by atoms with Gasteiger partial charge >= 0.3 is 0 Å². The lowest BCUT2D eigenvalue weighted by Gasteiger charge is -2.12. The maximum atomic E-state index is 12.1. The van der Waals surface area contributed by atoms with Gasteiger partial charge in [-0.05, 0) is 44.7 Å². The van der Waals surface area contributed by atoms with Crippen LogP contribution in [0.2, 0.25) is 0 Å². The Morgan fingerprint density at radius 1 is 1.30 bits per heavy atom. The highest BCUT2D eigenvalue weighted by Crippen LogP contribution is 2.28. The van der Waals surface area contributed by atoms with Crippen LogP contribution < -0.4 is 10.0 Å². The van der Waals surface area contributed by atoms with E-state index in [1.54, 1.807) is 23.5 Å². The van der Waals surface area contributed by atoms with E-state index in [-0.39, 0.29) is 10.9 Å². The Hall–Kier alpha value is -1.51. The highest BCUT2D eigenvalue weighted by molar-refractivity contribution is 7.89. The molecule has 1 fully saturated rings. The van der Waals surface area contributed by atoms with Gasteiger partial charge in [0.1, 0.15) is 15.7 Å². The second kappa shape index (κ2) is 6.54. The lowest BCUT2D eigenvalue weighted by molar-refractivity contribution is 0.577. The molecule has 1 saturated carbocycles. The largest absolute Gasteiger partial charge is 0.361 e. The van der Waals surface area contributed by atoms with Crippen molar-refractivity contribution >= 4 is 27.2 Å². The summed E-state index contributed by atoms with van der Waals surface area (Å²) in [5.74, 6) is 1.13. The van der Waals surface area contributed by atoms with Gasteiger partial charge in [0.2, 0.25) is 10.0 Å². The SMILES string of the molecule is Cc1cnc(C(C)Nc2ccc(S(=O)(=O)NCC3CC3)cn2)s1. The Labute approximate surface area is 140 Å². The first-order valence-corrected chi connectivity index (χ1v) is 9.88. The molecule has 2 aromatic rings. The van der Waals surface area contributed by atoms with Gasteiger partial charge in [-0.3, -0.25) is 0 Å². The third-order valence-electron chi connectivity index (χ3n) is 3.68. The average Bonchev–Trinajstić information content (AvgIpc) is 3.25. The Balaban J connectivity index is 1.64. The Morgan fingerprint density at radius 3 is 2.65 bits per heavy atom. The maximum absolute atomic E-state index is 12.1. The number of nitrogens with one attached hydrogen (secondary N) is 2. The second-order valence-electron chi connectivity index (χ2n) is 5.85. The Bertz CT molecular complexity index is 767. The number of anilines is 1. The molecule has 2 N–H and O–H groups in total. The van der Waals surface area contributed by atoms with Crippen molar-refractivity contribution in [2.75, 3.05) is 11.9 Å². The number of pyridine rings is 1. The van der Waals surface area contributed by atoms with Crippen molar-refractivity contribution in [3.63, 3.8) is 0 Å². The summed E-state index contributed by atoms with van der Waals surface area (Å²) < 4.78 is 26.9. The van der Waals surface area contributed by atoms with E-state index in [1.165, 1.54) is 6.20 Å². The molecule has 124 valence electrons. The van der Waals surface area contributed by atoms with Crippen molar-refractivity contribution < 1.29 is 8.42 Å². The molecule has 1 aliphatic rings. The lowest BCUT2D eigenvalue weighted by atomic mass is 10.3. The highest BCUT2D eigenvalue weighted by Gasteiger charge is 2.24. The van der Waals surface area contributed by atoms with Crippen LogP contribution in [-0.4, -0.2) is 24.9 Å². The zero-order chi connectivity index (χ0) is 16.4. The van der Waals surface area contributed by atoms with Gasteiger partial charge in [0.25, 0.3) is 0 Å². The van der Waals surface area contributed by atoms with E-state index in [9.17, 15) is 8.42 Å². The van der Waals surface area contributed by atoms with Crippen LogP contribution in [0.15, 0.2) is 29.4 Å². The Morgan fingerprint density at radius 2 is 2.09 bits per heavy atom. The van der Waals surface area contributed by atoms with Gasteiger partial charge in [0.15, 0.2) is 0 Å². The summed E-state index contributed by atoms with van der Waals surface area (Å²) in [6.45, 7) is 4.53. The maximum Gasteiger partial charge on any atom is 0.242 e. The van der Waals surface area contributed by atoms with Gasteiger partial charge in [-0.2, -0.15) is 0 Å². The van der Waals surface area contributed by atoms with E-state index in [0.717, 1.165) is 22.7 Å². The van der Waals surface area contributed by atoms with Gasteiger partial charge in [-0.25, -0.2) is 23.1 Å². The second-order valence-corrected chi connectivity index (χ2v) is 8.88. The van der Waals surface area contributed by atoms with Gasteiger partial charge < -0.3 is 5.32 Å². The highest BCUT2D eigenvalue weighted by atomic mass is 32.2. The topological polar surface area (TPSA) is 84.0 Å². The van der Waals surface area contributed by atoms with Gasteiger partial charge in [0.05, 0.1) is 6.04 Å². The molecule has 3 rings (SSSR count). The molecular weight excluding hydrogens is 332 g/mol. The summed E-state index contributed by atoms with van der Waals surface area (Å²) in [7, 11) is -3.46. The average molecular weight is 352 g/mol. The molecule has 1 aliphatic carbocycles. The van der Waals surface area contributed by atoms with Crippen molar-refractivity contribution in [1.82, 2.24) is 14.7 Å². The van der Waals surface area contributed by atoms with Crippen LogP contribution >= 0.6 is 11.3 Å². The number of rotatable bonds is 7. The zero-order valence-corrected chi connectivity index (χ0v) is 14.7. The van der Waals surface area contributed by atoms with E-state index in [4.69, 9.17) is 0 Å². The number of hydrogen-bond acceptors (Lipinski definition) is 6. The van der Waals surface area contributed by atoms with Crippen LogP contribution in [0.5, 0.6) is 0 Å². The van der Waals surface area contributed by atoms with E-state index < -0.39 is 10.0 Å². The van der Waals surface area contributed by atoms with Crippen LogP contribution in [0.4, 0.5) is 5.82 Å². The summed E-state index contributed by atoms with van der Waals surface area (Å²) in [5, 5.41) is 4.21. The molecule has 1 unspecified atom stereocenters. The molecule has 23 heavy (non-hydrogen) atoms. The first-order valence-electron chi connectivity index (χ1n) is 7.58. The fourth-order valence-corrected chi connectivity index (χ4v) is 3.95. The van der Waals surface area contributed by atoms with E-state index in [0.29, 0.717) is 18.3 Å². The van der Waals surface area contributed by atoms with Gasteiger partial charge in [-0.1, -0.05) is 0 Å². The fourth-order valence-electron chi connectivity index (χ4n) is 2.11. The minimum atomic E-state index is -3.46. The van der Waals surface area contributed by atoms with Gasteiger partial charge in [-0.15, -0.1) is 11.3 Å². The summed E-state index contributed by atoms with van der Waals surface area (Å²) in [5.41, 5.74) is 0. The summed E-state index contributed by atoms with van der Waals surface area (Å²) in [6.07, 6.45) is 5.44. The van der Waals surface area contributed by atoms with Crippen molar-refractivity contribution in [1.29, 1.82) is 0 Å². The van der Waals surface area contributed by atoms with Crippen LogP contribution in [0.1, 0.15) is 35.7 Å².